The van der Waals surface area contributed by atoms with Crippen molar-refractivity contribution in [1.82, 2.24) is 14.8 Å². The molecule has 0 saturated heterocycles. The number of hydrogen-bond acceptors (Lipinski definition) is 4. The van der Waals surface area contributed by atoms with Crippen molar-refractivity contribution >= 4 is 11.6 Å². The zero-order chi connectivity index (χ0) is 24.2. The highest BCUT2D eigenvalue weighted by molar-refractivity contribution is 6.30. The fraction of sp³-hybridized carbons (Fsp3) is 0.357. The van der Waals surface area contributed by atoms with Crippen LogP contribution in [0.5, 0.6) is 5.88 Å². The first kappa shape index (κ1) is 23.9. The summed E-state index contributed by atoms with van der Waals surface area (Å²) in [6, 6.07) is 16.2. The van der Waals surface area contributed by atoms with Crippen LogP contribution in [0.3, 0.4) is 0 Å². The molecule has 0 radical (unpaired) electrons. The van der Waals surface area contributed by atoms with Gasteiger partial charge in [0.05, 0.1) is 22.5 Å². The van der Waals surface area contributed by atoms with Gasteiger partial charge in [-0.05, 0) is 42.9 Å². The maximum absolute atomic E-state index is 12.9. The van der Waals surface area contributed by atoms with Crippen LogP contribution in [-0.2, 0) is 13.1 Å². The molecule has 0 aliphatic carbocycles. The van der Waals surface area contributed by atoms with Crippen LogP contribution in [0.25, 0.3) is 11.3 Å². The molecule has 1 aliphatic rings. The first-order chi connectivity index (χ1) is 16.5. The maximum atomic E-state index is 12.9. The van der Waals surface area contributed by atoms with Crippen LogP contribution in [0, 0.1) is 0 Å². The number of nitrogens with zero attached hydrogens (tertiary/aromatic N) is 3. The quantitative estimate of drug-likeness (QED) is 0.445. The Balaban J connectivity index is 1.60. The fourth-order valence-corrected chi connectivity index (χ4v) is 4.53. The van der Waals surface area contributed by atoms with Crippen molar-refractivity contribution in [2.45, 2.75) is 40.8 Å². The van der Waals surface area contributed by atoms with E-state index in [0.29, 0.717) is 22.5 Å². The van der Waals surface area contributed by atoms with Gasteiger partial charge in [0, 0.05) is 18.7 Å². The molecule has 2 heterocycles. The molecule has 1 aromatic heterocycles. The maximum Gasteiger partial charge on any atom is 0.280 e. The lowest BCUT2D eigenvalue weighted by atomic mass is 9.99. The van der Waals surface area contributed by atoms with E-state index in [1.54, 1.807) is 0 Å². The van der Waals surface area contributed by atoms with E-state index in [4.69, 9.17) is 0 Å². The van der Waals surface area contributed by atoms with Crippen LogP contribution >= 0.6 is 0 Å². The highest BCUT2D eigenvalue weighted by atomic mass is 16.3. The number of amides is 1. The smallest absolute Gasteiger partial charge is 0.280 e. The Bertz CT molecular complexity index is 1170. The molecule has 3 aromatic rings. The largest absolute Gasteiger partial charge is 0.494 e. The molecule has 0 fully saturated rings. The molecular formula is C28H34N4O2. The highest BCUT2D eigenvalue weighted by Gasteiger charge is 2.33. The van der Waals surface area contributed by atoms with Crippen LogP contribution in [0.2, 0.25) is 0 Å². The van der Waals surface area contributed by atoms with E-state index in [0.717, 1.165) is 50.4 Å². The molecule has 2 aromatic carbocycles. The predicted molar refractivity (Wildman–Crippen MR) is 138 cm³/mol. The molecule has 0 spiro atoms. The summed E-state index contributed by atoms with van der Waals surface area (Å²) < 4.78 is 0. The van der Waals surface area contributed by atoms with Gasteiger partial charge in [0.25, 0.3) is 5.91 Å². The normalized spacial score (nSPS) is 13.1. The highest BCUT2D eigenvalue weighted by Crippen LogP contribution is 2.38. The summed E-state index contributed by atoms with van der Waals surface area (Å²) in [6.45, 7) is 14.4. The number of aromatic hydroxyl groups is 1. The molecule has 4 rings (SSSR count). The predicted octanol–water partition coefficient (Wildman–Crippen LogP) is 5.06. The van der Waals surface area contributed by atoms with Crippen LogP contribution < -0.4 is 0 Å². The number of aromatic amines is 1. The van der Waals surface area contributed by atoms with E-state index in [9.17, 15) is 9.90 Å². The van der Waals surface area contributed by atoms with Crippen LogP contribution in [0.15, 0.2) is 53.5 Å². The van der Waals surface area contributed by atoms with Crippen molar-refractivity contribution in [3.8, 4) is 17.1 Å². The van der Waals surface area contributed by atoms with Crippen LogP contribution in [0.1, 0.15) is 60.3 Å². The summed E-state index contributed by atoms with van der Waals surface area (Å²) in [6.07, 6.45) is 0. The number of fused-ring (bicyclic) bond motifs is 1. The summed E-state index contributed by atoms with van der Waals surface area (Å²) in [5, 5.41) is 10.7. The fourth-order valence-electron chi connectivity index (χ4n) is 4.53. The zero-order valence-corrected chi connectivity index (χ0v) is 20.6. The molecule has 2 N–H and O–H groups in total. The van der Waals surface area contributed by atoms with Gasteiger partial charge in [-0.3, -0.25) is 14.6 Å². The van der Waals surface area contributed by atoms with Crippen molar-refractivity contribution < 1.29 is 9.90 Å². The molecule has 6 nitrogen and oxygen atoms in total. The summed E-state index contributed by atoms with van der Waals surface area (Å²) in [7, 11) is 0. The Morgan fingerprint density at radius 1 is 0.735 bits per heavy atom. The van der Waals surface area contributed by atoms with E-state index >= 15 is 0 Å². The molecule has 0 unspecified atom stereocenters. The zero-order valence-electron chi connectivity index (χ0n) is 20.6. The second kappa shape index (κ2) is 10.4. The Labute approximate surface area is 201 Å². The third-order valence-corrected chi connectivity index (χ3v) is 6.72. The minimum atomic E-state index is -0.323. The van der Waals surface area contributed by atoms with Crippen molar-refractivity contribution in [1.29, 1.82) is 0 Å². The van der Waals surface area contributed by atoms with E-state index in [2.05, 4.69) is 71.7 Å². The van der Waals surface area contributed by atoms with E-state index < -0.39 is 0 Å². The first-order valence-electron chi connectivity index (χ1n) is 12.2. The Hall–Kier alpha value is -3.22. The third-order valence-electron chi connectivity index (χ3n) is 6.72. The number of nitrogens with one attached hydrogen (secondary N) is 1. The average Bonchev–Trinajstić information content (AvgIpc) is 3.39. The standard InChI is InChI=1S/C28H34N4O2/c1-5-31(6-2)17-19-9-13-21(14-10-19)25-23-24(28(34)29-25)26(30-27(23)33)22-15-11-20(12-16-22)18-32(7-3)8-4/h9-16,29,34H,5-8,17-18H2,1-4H3. The van der Waals surface area contributed by atoms with Gasteiger partial charge >= 0.3 is 0 Å². The molecule has 1 amide bonds. The number of aliphatic imine (C=N–C) groups is 1. The number of hydrogen-bond donors (Lipinski definition) is 2. The molecule has 0 saturated carbocycles. The lowest BCUT2D eigenvalue weighted by Crippen LogP contribution is -2.22. The van der Waals surface area contributed by atoms with E-state index in [1.807, 2.05) is 24.3 Å². The lowest BCUT2D eigenvalue weighted by Gasteiger charge is -2.18. The molecule has 6 heteroatoms. The molecule has 34 heavy (non-hydrogen) atoms. The number of H-pyrrole nitrogens is 1. The minimum Gasteiger partial charge on any atom is -0.494 e. The van der Waals surface area contributed by atoms with Gasteiger partial charge in [0.15, 0.2) is 5.88 Å². The van der Waals surface area contributed by atoms with Gasteiger partial charge in [-0.15, -0.1) is 0 Å². The van der Waals surface area contributed by atoms with Crippen molar-refractivity contribution in [2.75, 3.05) is 26.2 Å². The molecule has 0 atom stereocenters. The van der Waals surface area contributed by atoms with E-state index in [1.165, 1.54) is 11.1 Å². The third kappa shape index (κ3) is 4.69. The van der Waals surface area contributed by atoms with Gasteiger partial charge in [-0.1, -0.05) is 76.2 Å². The van der Waals surface area contributed by atoms with Gasteiger partial charge < -0.3 is 10.1 Å². The SMILES string of the molecule is CCN(CC)Cc1ccc(C2=NC(=O)c3c(-c4ccc(CN(CC)CC)cc4)[nH]c(O)c32)cc1. The lowest BCUT2D eigenvalue weighted by molar-refractivity contribution is 0.101. The summed E-state index contributed by atoms with van der Waals surface area (Å²) in [5.74, 6) is -0.343. The number of carbonyl (C=O) groups is 1. The average molecular weight is 459 g/mol. The van der Waals surface area contributed by atoms with Gasteiger partial charge in [0.2, 0.25) is 0 Å². The number of aromatic nitrogens is 1. The number of carbonyl (C=O) groups excluding carboxylic acids is 1. The summed E-state index contributed by atoms with van der Waals surface area (Å²) in [5.41, 5.74) is 6.18. The second-order valence-electron chi connectivity index (χ2n) is 8.68. The second-order valence-corrected chi connectivity index (χ2v) is 8.68. The van der Waals surface area contributed by atoms with Crippen LogP contribution in [-0.4, -0.2) is 57.7 Å². The number of rotatable bonds is 10. The van der Waals surface area contributed by atoms with Crippen molar-refractivity contribution in [3.05, 3.63) is 76.3 Å². The van der Waals surface area contributed by atoms with Gasteiger partial charge in [-0.2, -0.15) is 0 Å². The van der Waals surface area contributed by atoms with Crippen LogP contribution in [0.4, 0.5) is 0 Å². The summed E-state index contributed by atoms with van der Waals surface area (Å²) >= 11 is 0. The summed E-state index contributed by atoms with van der Waals surface area (Å²) in [4.78, 5) is 25.0. The minimum absolute atomic E-state index is 0.0194. The van der Waals surface area contributed by atoms with Crippen molar-refractivity contribution in [2.24, 2.45) is 4.99 Å². The topological polar surface area (TPSA) is 71.9 Å². The Morgan fingerprint density at radius 2 is 1.21 bits per heavy atom. The number of benzene rings is 2. The van der Waals surface area contributed by atoms with E-state index in [-0.39, 0.29) is 11.8 Å². The molecule has 178 valence electrons. The van der Waals surface area contributed by atoms with Crippen molar-refractivity contribution in [3.63, 3.8) is 0 Å². The Kier molecular flexibility index (Phi) is 7.29. The Morgan fingerprint density at radius 3 is 1.68 bits per heavy atom. The monoisotopic (exact) mass is 458 g/mol. The van der Waals surface area contributed by atoms with Gasteiger partial charge in [-0.25, -0.2) is 4.99 Å². The first-order valence-corrected chi connectivity index (χ1v) is 12.2. The molecule has 0 bridgehead atoms. The molecule has 1 aliphatic heterocycles. The van der Waals surface area contributed by atoms with Gasteiger partial charge in [0.1, 0.15) is 0 Å². The molecular weight excluding hydrogens is 424 g/mol.